The Labute approximate surface area is 311 Å². The highest BCUT2D eigenvalue weighted by molar-refractivity contribution is 8.00. The third-order valence-corrected chi connectivity index (χ3v) is 10.3. The predicted molar refractivity (Wildman–Crippen MR) is 205 cm³/mol. The zero-order chi connectivity index (χ0) is 38.3. The van der Waals surface area contributed by atoms with Gasteiger partial charge in [0.05, 0.1) is 35.8 Å². The number of amides is 3. The van der Waals surface area contributed by atoms with Crippen LogP contribution >= 0.6 is 11.8 Å². The summed E-state index contributed by atoms with van der Waals surface area (Å²) in [7, 11) is 0. The Hall–Kier alpha value is -4.45. The summed E-state index contributed by atoms with van der Waals surface area (Å²) in [6.45, 7) is 8.44. The van der Waals surface area contributed by atoms with Gasteiger partial charge in [-0.15, -0.1) is 11.8 Å². The molecule has 0 aliphatic heterocycles. The monoisotopic (exact) mass is 731 g/mol. The van der Waals surface area contributed by atoms with Gasteiger partial charge in [0, 0.05) is 0 Å². The molecule has 0 heterocycles. The third-order valence-electron chi connectivity index (χ3n) is 8.74. The van der Waals surface area contributed by atoms with Crippen LogP contribution in [0.1, 0.15) is 70.6 Å². The first kappa shape index (κ1) is 42.0. The van der Waals surface area contributed by atoms with Gasteiger partial charge in [0.2, 0.25) is 17.7 Å². The van der Waals surface area contributed by atoms with Crippen LogP contribution in [-0.4, -0.2) is 75.1 Å². The van der Waals surface area contributed by atoms with E-state index in [-0.39, 0.29) is 18.3 Å². The van der Waals surface area contributed by atoms with Gasteiger partial charge >= 0.3 is 5.97 Å². The minimum atomic E-state index is -1.31. The maximum absolute atomic E-state index is 13.1. The first-order valence-electron chi connectivity index (χ1n) is 17.7. The lowest BCUT2D eigenvalue weighted by Crippen LogP contribution is -2.57. The molecule has 0 saturated heterocycles. The molecule has 0 radical (unpaired) electrons. The maximum Gasteiger partial charge on any atom is 0.306 e. The number of thioether (sulfide) groups is 1. The van der Waals surface area contributed by atoms with Gasteiger partial charge in [-0.25, -0.2) is 0 Å². The normalized spacial score (nSPS) is 14.7. The number of aliphatic carboxylic acids is 1. The van der Waals surface area contributed by atoms with Crippen LogP contribution < -0.4 is 16.0 Å². The summed E-state index contributed by atoms with van der Waals surface area (Å²) < 4.78 is -0.460. The van der Waals surface area contributed by atoms with Crippen molar-refractivity contribution in [2.45, 2.75) is 89.0 Å². The van der Waals surface area contributed by atoms with Crippen molar-refractivity contribution in [3.8, 4) is 0 Å². The fraction of sp³-hybridized carbons (Fsp3) is 0.415. The number of carbonyl (C=O) groups is 4. The molecule has 6 N–H and O–H groups in total. The van der Waals surface area contributed by atoms with Crippen LogP contribution in [-0.2, 0) is 23.9 Å². The number of benzene rings is 3. The lowest BCUT2D eigenvalue weighted by Gasteiger charge is -2.35. The van der Waals surface area contributed by atoms with E-state index in [0.717, 1.165) is 22.4 Å². The standard InChI is InChI=1S/C41H53N3O7S/c1-27(2)37(34(46)26-36(48)49)44-39(50)29(5)42-40(51)38(28(3)4)43-35(47)25-33(45)23-15-16-24-52-41(30-17-9-6-10-18-30,31-19-11-7-12-20-31)32-21-13-8-14-22-32/h6-15,17-23,27-29,33-34,37-38,45-46H,16,24-26H2,1-5H3,(H,42,51)(H,43,47)(H,44,50)(H,48,49)/t29?,33?,34-,37+,38?/m0/s1. The third kappa shape index (κ3) is 12.1. The van der Waals surface area contributed by atoms with E-state index in [9.17, 15) is 29.4 Å². The predicted octanol–water partition coefficient (Wildman–Crippen LogP) is 5.03. The van der Waals surface area contributed by atoms with E-state index >= 15 is 0 Å². The van der Waals surface area contributed by atoms with Crippen LogP contribution in [0.3, 0.4) is 0 Å². The number of nitrogens with one attached hydrogen (secondary N) is 3. The molecule has 52 heavy (non-hydrogen) atoms. The Balaban J connectivity index is 1.59. The van der Waals surface area contributed by atoms with Gasteiger partial charge in [0.1, 0.15) is 12.1 Å². The summed E-state index contributed by atoms with van der Waals surface area (Å²) in [5.74, 6) is -2.77. The number of carbonyl (C=O) groups excluding carboxylic acids is 3. The van der Waals surface area contributed by atoms with Crippen molar-refractivity contribution < 1.29 is 34.5 Å². The molecule has 3 amide bonds. The summed E-state index contributed by atoms with van der Waals surface area (Å²) in [5, 5.41) is 37.9. The summed E-state index contributed by atoms with van der Waals surface area (Å²) >= 11 is 1.80. The van der Waals surface area contributed by atoms with Crippen molar-refractivity contribution in [1.82, 2.24) is 16.0 Å². The molecule has 3 aromatic carbocycles. The van der Waals surface area contributed by atoms with Crippen molar-refractivity contribution in [2.75, 3.05) is 5.75 Å². The Morgan fingerprint density at radius 2 is 1.19 bits per heavy atom. The van der Waals surface area contributed by atoms with Crippen molar-refractivity contribution in [3.63, 3.8) is 0 Å². The van der Waals surface area contributed by atoms with E-state index in [0.29, 0.717) is 6.42 Å². The van der Waals surface area contributed by atoms with Gasteiger partial charge in [-0.05, 0) is 47.6 Å². The smallest absolute Gasteiger partial charge is 0.306 e. The van der Waals surface area contributed by atoms with Crippen molar-refractivity contribution in [2.24, 2.45) is 11.8 Å². The number of rotatable bonds is 20. The van der Waals surface area contributed by atoms with E-state index in [1.807, 2.05) is 60.7 Å². The van der Waals surface area contributed by atoms with Crippen molar-refractivity contribution >= 4 is 35.5 Å². The van der Waals surface area contributed by atoms with Gasteiger partial charge in [-0.2, -0.15) is 0 Å². The lowest BCUT2D eigenvalue weighted by molar-refractivity contribution is -0.140. The van der Waals surface area contributed by atoms with Gasteiger partial charge < -0.3 is 31.3 Å². The Morgan fingerprint density at radius 3 is 1.63 bits per heavy atom. The number of hydrogen-bond acceptors (Lipinski definition) is 7. The maximum atomic E-state index is 13.1. The highest BCUT2D eigenvalue weighted by atomic mass is 32.2. The van der Waals surface area contributed by atoms with Crippen molar-refractivity contribution in [1.29, 1.82) is 0 Å². The number of aliphatic hydroxyl groups is 2. The van der Waals surface area contributed by atoms with E-state index in [1.54, 1.807) is 45.5 Å². The molecular weight excluding hydrogens is 679 g/mol. The highest BCUT2D eigenvalue weighted by Gasteiger charge is 2.36. The lowest BCUT2D eigenvalue weighted by atomic mass is 9.84. The number of hydrogen-bond donors (Lipinski definition) is 6. The second-order valence-electron chi connectivity index (χ2n) is 13.6. The fourth-order valence-corrected chi connectivity index (χ4v) is 7.47. The minimum Gasteiger partial charge on any atom is -0.481 e. The average molecular weight is 732 g/mol. The molecule has 0 saturated carbocycles. The van der Waals surface area contributed by atoms with Gasteiger partial charge in [-0.1, -0.05) is 131 Å². The number of allylic oxidation sites excluding steroid dienone is 1. The van der Waals surface area contributed by atoms with Crippen LogP contribution in [0.5, 0.6) is 0 Å². The molecule has 280 valence electrons. The Bertz CT molecular complexity index is 1510. The summed E-state index contributed by atoms with van der Waals surface area (Å²) in [5.41, 5.74) is 3.48. The quantitative estimate of drug-likeness (QED) is 0.0535. The molecule has 0 aromatic heterocycles. The van der Waals surface area contributed by atoms with E-state index in [1.165, 1.54) is 6.92 Å². The van der Waals surface area contributed by atoms with Crippen LogP contribution in [0.15, 0.2) is 103 Å². The van der Waals surface area contributed by atoms with E-state index in [4.69, 9.17) is 5.11 Å². The first-order chi connectivity index (χ1) is 24.8. The number of aliphatic hydroxyl groups excluding tert-OH is 2. The molecule has 0 fully saturated rings. The number of carboxylic acid groups (broad SMARTS) is 1. The average Bonchev–Trinajstić information content (AvgIpc) is 3.11. The zero-order valence-electron chi connectivity index (χ0n) is 30.6. The first-order valence-corrected chi connectivity index (χ1v) is 18.7. The second kappa shape index (κ2) is 20.6. The van der Waals surface area contributed by atoms with Gasteiger partial charge in [-0.3, -0.25) is 19.2 Å². The molecule has 0 aliphatic rings. The fourth-order valence-electron chi connectivity index (χ4n) is 6.00. The van der Waals surface area contributed by atoms with E-state index in [2.05, 4.69) is 52.3 Å². The Morgan fingerprint density at radius 1 is 0.692 bits per heavy atom. The SMILES string of the molecule is CC(NC(=O)C(NC(=O)CC(O)C=CCCSC(c1ccccc1)(c1ccccc1)c1ccccc1)C(C)C)C(=O)N[C@H](C(C)C)[C@@H](O)CC(=O)O. The van der Waals surface area contributed by atoms with Crippen LogP contribution in [0.25, 0.3) is 0 Å². The molecule has 3 rings (SSSR count). The largest absolute Gasteiger partial charge is 0.481 e. The van der Waals surface area contributed by atoms with Crippen LogP contribution in [0, 0.1) is 11.8 Å². The molecule has 0 aliphatic carbocycles. The minimum absolute atomic E-state index is 0.254. The molecule has 10 nitrogen and oxygen atoms in total. The van der Waals surface area contributed by atoms with Gasteiger partial charge in [0.25, 0.3) is 0 Å². The molecule has 5 atom stereocenters. The topological polar surface area (TPSA) is 165 Å². The molecule has 11 heteroatoms. The van der Waals surface area contributed by atoms with E-state index < -0.39 is 65.2 Å². The van der Waals surface area contributed by atoms with Crippen LogP contribution in [0.2, 0.25) is 0 Å². The number of carboxylic acids is 1. The summed E-state index contributed by atoms with van der Waals surface area (Å²) in [6.07, 6.45) is 0.922. The molecule has 3 unspecified atom stereocenters. The van der Waals surface area contributed by atoms with Gasteiger partial charge in [0.15, 0.2) is 0 Å². The Kier molecular flexibility index (Phi) is 16.6. The molecule has 3 aromatic rings. The molecule has 0 bridgehead atoms. The molecule has 0 spiro atoms. The second-order valence-corrected chi connectivity index (χ2v) is 14.9. The van der Waals surface area contributed by atoms with Crippen LogP contribution in [0.4, 0.5) is 0 Å². The summed E-state index contributed by atoms with van der Waals surface area (Å²) in [6, 6.07) is 28.3. The molecular formula is C41H53N3O7S. The summed E-state index contributed by atoms with van der Waals surface area (Å²) in [4.78, 5) is 50.0. The van der Waals surface area contributed by atoms with Crippen molar-refractivity contribution in [3.05, 3.63) is 120 Å². The zero-order valence-corrected chi connectivity index (χ0v) is 31.4. The highest BCUT2D eigenvalue weighted by Crippen LogP contribution is 2.48.